The van der Waals surface area contributed by atoms with Gasteiger partial charge in [0.15, 0.2) is 5.78 Å². The Bertz CT molecular complexity index is 703. The molecule has 1 heterocycles. The van der Waals surface area contributed by atoms with Crippen LogP contribution in [-0.4, -0.2) is 23.8 Å². The van der Waals surface area contributed by atoms with E-state index < -0.39 is 5.92 Å². The summed E-state index contributed by atoms with van der Waals surface area (Å²) in [5.74, 6) is -0.688. The zero-order valence-electron chi connectivity index (χ0n) is 12.4. The summed E-state index contributed by atoms with van der Waals surface area (Å²) in [5, 5.41) is 9.35. The summed E-state index contributed by atoms with van der Waals surface area (Å²) in [6.07, 6.45) is 0.964. The Morgan fingerprint density at radius 2 is 1.77 bits per heavy atom. The number of ketones is 1. The SMILES string of the molecule is N#C[C@@H](C(=O)CN1CCc2ccccc2C1)c1ccccc1. The molecule has 22 heavy (non-hydrogen) atoms. The van der Waals surface area contributed by atoms with E-state index in [1.54, 1.807) is 0 Å². The molecule has 0 unspecified atom stereocenters. The monoisotopic (exact) mass is 290 g/mol. The average Bonchev–Trinajstić information content (AvgIpc) is 2.56. The van der Waals surface area contributed by atoms with Crippen LogP contribution in [0.5, 0.6) is 0 Å². The van der Waals surface area contributed by atoms with Crippen molar-refractivity contribution < 1.29 is 4.79 Å². The Labute approximate surface area is 130 Å². The van der Waals surface area contributed by atoms with Crippen molar-refractivity contribution >= 4 is 5.78 Å². The fraction of sp³-hybridized carbons (Fsp3) is 0.263. The second-order valence-corrected chi connectivity index (χ2v) is 5.67. The van der Waals surface area contributed by atoms with Crippen LogP contribution in [0.25, 0.3) is 0 Å². The van der Waals surface area contributed by atoms with Crippen LogP contribution in [0, 0.1) is 11.3 Å². The van der Waals surface area contributed by atoms with Gasteiger partial charge in [-0.3, -0.25) is 9.69 Å². The number of benzene rings is 2. The van der Waals surface area contributed by atoms with Crippen LogP contribution in [0.1, 0.15) is 22.6 Å². The maximum Gasteiger partial charge on any atom is 0.168 e. The van der Waals surface area contributed by atoms with Crippen LogP contribution in [0.4, 0.5) is 0 Å². The van der Waals surface area contributed by atoms with Crippen LogP contribution < -0.4 is 0 Å². The molecule has 1 aliphatic heterocycles. The number of carbonyl (C=O) groups is 1. The Morgan fingerprint density at radius 1 is 1.09 bits per heavy atom. The lowest BCUT2D eigenvalue weighted by molar-refractivity contribution is -0.120. The van der Waals surface area contributed by atoms with Crippen molar-refractivity contribution in [2.45, 2.75) is 18.9 Å². The Hall–Kier alpha value is -2.44. The van der Waals surface area contributed by atoms with Crippen molar-refractivity contribution in [1.82, 2.24) is 4.90 Å². The van der Waals surface area contributed by atoms with Gasteiger partial charge >= 0.3 is 0 Å². The van der Waals surface area contributed by atoms with Gasteiger partial charge < -0.3 is 0 Å². The first-order chi connectivity index (χ1) is 10.8. The maximum atomic E-state index is 12.5. The van der Waals surface area contributed by atoms with E-state index in [4.69, 9.17) is 0 Å². The minimum atomic E-state index is -0.668. The summed E-state index contributed by atoms with van der Waals surface area (Å²) in [6, 6.07) is 19.8. The highest BCUT2D eigenvalue weighted by atomic mass is 16.1. The molecule has 0 saturated carbocycles. The molecule has 0 amide bonds. The minimum absolute atomic E-state index is 0.0203. The lowest BCUT2D eigenvalue weighted by Crippen LogP contribution is -2.36. The first-order valence-corrected chi connectivity index (χ1v) is 7.54. The molecule has 0 radical (unpaired) electrons. The number of nitriles is 1. The van der Waals surface area contributed by atoms with E-state index >= 15 is 0 Å². The van der Waals surface area contributed by atoms with Crippen LogP contribution in [0.2, 0.25) is 0 Å². The molecule has 3 nitrogen and oxygen atoms in total. The van der Waals surface area contributed by atoms with Gasteiger partial charge in [0.2, 0.25) is 0 Å². The van der Waals surface area contributed by atoms with Gasteiger partial charge in [-0.1, -0.05) is 54.6 Å². The molecule has 0 aromatic heterocycles. The molecule has 2 aromatic rings. The van der Waals surface area contributed by atoms with Gasteiger partial charge in [0.05, 0.1) is 12.6 Å². The van der Waals surface area contributed by atoms with E-state index in [0.29, 0.717) is 6.54 Å². The Morgan fingerprint density at radius 3 is 2.50 bits per heavy atom. The van der Waals surface area contributed by atoms with Gasteiger partial charge in [-0.2, -0.15) is 5.26 Å². The van der Waals surface area contributed by atoms with Crippen LogP contribution in [0.3, 0.4) is 0 Å². The molecule has 1 aliphatic rings. The van der Waals surface area contributed by atoms with E-state index in [0.717, 1.165) is 25.1 Å². The highest BCUT2D eigenvalue weighted by Gasteiger charge is 2.24. The van der Waals surface area contributed by atoms with Gasteiger partial charge in [-0.05, 0) is 23.1 Å². The van der Waals surface area contributed by atoms with Gasteiger partial charge in [0, 0.05) is 13.1 Å². The first kappa shape index (κ1) is 14.5. The molecule has 0 aliphatic carbocycles. The lowest BCUT2D eigenvalue weighted by atomic mass is 9.94. The Kier molecular flexibility index (Phi) is 4.32. The molecule has 3 heteroatoms. The van der Waals surface area contributed by atoms with E-state index in [9.17, 15) is 10.1 Å². The predicted molar refractivity (Wildman–Crippen MR) is 85.2 cm³/mol. The quantitative estimate of drug-likeness (QED) is 0.869. The second-order valence-electron chi connectivity index (χ2n) is 5.67. The zero-order valence-corrected chi connectivity index (χ0v) is 12.4. The highest BCUT2D eigenvalue weighted by Crippen LogP contribution is 2.21. The number of hydrogen-bond donors (Lipinski definition) is 0. The Balaban J connectivity index is 1.69. The molecule has 2 aromatic carbocycles. The molecular formula is C19H18N2O. The topological polar surface area (TPSA) is 44.1 Å². The van der Waals surface area contributed by atoms with Crippen LogP contribution >= 0.6 is 0 Å². The van der Waals surface area contributed by atoms with Gasteiger partial charge in [0.25, 0.3) is 0 Å². The summed E-state index contributed by atoms with van der Waals surface area (Å²) >= 11 is 0. The van der Waals surface area contributed by atoms with Crippen LogP contribution in [0.15, 0.2) is 54.6 Å². The third kappa shape index (κ3) is 3.08. The van der Waals surface area contributed by atoms with Crippen LogP contribution in [-0.2, 0) is 17.8 Å². The molecule has 0 spiro atoms. The number of Topliss-reactive ketones (excluding diaryl/α,β-unsaturated/α-hetero) is 1. The zero-order chi connectivity index (χ0) is 15.4. The van der Waals surface area contributed by atoms with Gasteiger partial charge in [-0.25, -0.2) is 0 Å². The van der Waals surface area contributed by atoms with Crippen molar-refractivity contribution in [3.05, 3.63) is 71.3 Å². The van der Waals surface area contributed by atoms with E-state index in [1.807, 2.05) is 36.4 Å². The average molecular weight is 290 g/mol. The summed E-state index contributed by atoms with van der Waals surface area (Å²) < 4.78 is 0. The highest BCUT2D eigenvalue weighted by molar-refractivity contribution is 5.90. The summed E-state index contributed by atoms with van der Waals surface area (Å²) in [6.45, 7) is 1.99. The van der Waals surface area contributed by atoms with Gasteiger partial charge in [0.1, 0.15) is 5.92 Å². The third-order valence-electron chi connectivity index (χ3n) is 4.17. The van der Waals surface area contributed by atoms with E-state index in [1.165, 1.54) is 11.1 Å². The largest absolute Gasteiger partial charge is 0.296 e. The molecule has 0 saturated heterocycles. The van der Waals surface area contributed by atoms with Crippen molar-refractivity contribution in [3.8, 4) is 6.07 Å². The molecular weight excluding hydrogens is 272 g/mol. The molecule has 0 N–H and O–H groups in total. The fourth-order valence-electron chi connectivity index (χ4n) is 2.98. The number of carbonyl (C=O) groups excluding carboxylic acids is 1. The molecule has 110 valence electrons. The molecule has 0 bridgehead atoms. The summed E-state index contributed by atoms with van der Waals surface area (Å²) in [7, 11) is 0. The van der Waals surface area contributed by atoms with Gasteiger partial charge in [-0.15, -0.1) is 0 Å². The smallest absolute Gasteiger partial charge is 0.168 e. The molecule has 3 rings (SSSR count). The third-order valence-corrected chi connectivity index (χ3v) is 4.17. The van der Waals surface area contributed by atoms with Crippen molar-refractivity contribution in [2.75, 3.05) is 13.1 Å². The van der Waals surface area contributed by atoms with Crippen molar-refractivity contribution in [2.24, 2.45) is 0 Å². The normalized spacial score (nSPS) is 15.6. The van der Waals surface area contributed by atoms with E-state index in [-0.39, 0.29) is 5.78 Å². The number of fused-ring (bicyclic) bond motifs is 1. The fourth-order valence-corrected chi connectivity index (χ4v) is 2.98. The summed E-state index contributed by atoms with van der Waals surface area (Å²) in [4.78, 5) is 14.6. The summed E-state index contributed by atoms with van der Waals surface area (Å²) in [5.41, 5.74) is 3.44. The number of rotatable bonds is 4. The minimum Gasteiger partial charge on any atom is -0.296 e. The lowest BCUT2D eigenvalue weighted by Gasteiger charge is -2.28. The van der Waals surface area contributed by atoms with E-state index in [2.05, 4.69) is 29.2 Å². The molecule has 0 fully saturated rings. The molecule has 1 atom stereocenters. The maximum absolute atomic E-state index is 12.5. The van der Waals surface area contributed by atoms with Crippen molar-refractivity contribution in [3.63, 3.8) is 0 Å². The first-order valence-electron chi connectivity index (χ1n) is 7.54. The van der Waals surface area contributed by atoms with Crippen molar-refractivity contribution in [1.29, 1.82) is 5.26 Å². The second kappa shape index (κ2) is 6.55. The predicted octanol–water partition coefficient (Wildman–Crippen LogP) is 2.92. The number of hydrogen-bond acceptors (Lipinski definition) is 3. The number of nitrogens with zero attached hydrogens (tertiary/aromatic N) is 2. The standard InChI is InChI=1S/C19H18N2O/c20-12-18(16-7-2-1-3-8-16)19(22)14-21-11-10-15-6-4-5-9-17(15)13-21/h1-9,18H,10-11,13-14H2/t18-/m1/s1.